The molecule has 0 N–H and O–H groups in total. The molecule has 0 atom stereocenters. The van der Waals surface area contributed by atoms with E-state index in [9.17, 15) is 4.79 Å². The molecule has 1 aromatic heterocycles. The fourth-order valence-corrected chi connectivity index (χ4v) is 4.41. The molecule has 5 rings (SSSR count). The minimum Gasteiger partial charge on any atom is -0.497 e. The van der Waals surface area contributed by atoms with Crippen LogP contribution in [0.1, 0.15) is 0 Å². The first kappa shape index (κ1) is 21.5. The van der Waals surface area contributed by atoms with Crippen LogP contribution in [0.4, 0.5) is 5.69 Å². The number of hydrogen-bond donors (Lipinski definition) is 0. The second-order valence-corrected chi connectivity index (χ2v) is 8.42. The lowest BCUT2D eigenvalue weighted by molar-refractivity contribution is 0.414. The largest absolute Gasteiger partial charge is 0.497 e. The van der Waals surface area contributed by atoms with E-state index in [1.807, 2.05) is 91.5 Å². The van der Waals surface area contributed by atoms with Crippen LogP contribution in [0, 0.1) is 0 Å². The molecule has 0 aliphatic rings. The van der Waals surface area contributed by atoms with Crippen molar-refractivity contribution < 1.29 is 4.74 Å². The summed E-state index contributed by atoms with van der Waals surface area (Å²) in [4.78, 5) is 16.1. The zero-order valence-electron chi connectivity index (χ0n) is 19.5. The third-order valence-electron chi connectivity index (χ3n) is 6.12. The first-order chi connectivity index (χ1) is 16.6. The molecular weight excluding hydrogens is 420 g/mol. The van der Waals surface area contributed by atoms with Gasteiger partial charge in [0.25, 0.3) is 5.56 Å². The Morgan fingerprint density at radius 3 is 1.91 bits per heavy atom. The average Bonchev–Trinajstić information content (AvgIpc) is 2.89. The van der Waals surface area contributed by atoms with Gasteiger partial charge in [-0.25, -0.2) is 0 Å². The van der Waals surface area contributed by atoms with Gasteiger partial charge in [-0.15, -0.1) is 0 Å². The van der Waals surface area contributed by atoms with Crippen molar-refractivity contribution in [3.8, 4) is 33.8 Å². The van der Waals surface area contributed by atoms with Crippen molar-refractivity contribution >= 4 is 16.5 Å². The van der Waals surface area contributed by atoms with Crippen LogP contribution in [0.15, 0.2) is 108 Å². The molecule has 0 aliphatic heterocycles. The van der Waals surface area contributed by atoms with Gasteiger partial charge in [0.1, 0.15) is 5.75 Å². The van der Waals surface area contributed by atoms with E-state index >= 15 is 0 Å². The summed E-state index contributed by atoms with van der Waals surface area (Å²) in [6.07, 6.45) is 0. The van der Waals surface area contributed by atoms with Gasteiger partial charge in [0, 0.05) is 36.4 Å². The van der Waals surface area contributed by atoms with Gasteiger partial charge in [-0.3, -0.25) is 9.36 Å². The Labute approximate surface area is 199 Å². The molecule has 0 spiro atoms. The first-order valence-electron chi connectivity index (χ1n) is 11.2. The molecule has 5 aromatic rings. The lowest BCUT2D eigenvalue weighted by Gasteiger charge is -2.22. The summed E-state index contributed by atoms with van der Waals surface area (Å²) in [6, 6.07) is 34.1. The Bertz CT molecular complexity index is 1500. The van der Waals surface area contributed by atoms with Crippen molar-refractivity contribution in [2.45, 2.75) is 0 Å². The van der Waals surface area contributed by atoms with E-state index in [-0.39, 0.29) is 5.56 Å². The molecule has 0 fully saturated rings. The van der Waals surface area contributed by atoms with E-state index in [1.165, 1.54) is 0 Å². The average molecular weight is 447 g/mol. The van der Waals surface area contributed by atoms with Gasteiger partial charge in [0.2, 0.25) is 0 Å². The van der Waals surface area contributed by atoms with Crippen LogP contribution >= 0.6 is 0 Å². The number of rotatable bonds is 5. The minimum absolute atomic E-state index is 0.0518. The smallest absolute Gasteiger partial charge is 0.263 e. The molecule has 0 saturated heterocycles. The molecule has 4 heteroatoms. The second kappa shape index (κ2) is 8.91. The van der Waals surface area contributed by atoms with Crippen molar-refractivity contribution in [2.75, 3.05) is 26.1 Å². The van der Waals surface area contributed by atoms with Crippen LogP contribution in [0.25, 0.3) is 38.8 Å². The van der Waals surface area contributed by atoms with Gasteiger partial charge in [-0.1, -0.05) is 60.7 Å². The van der Waals surface area contributed by atoms with Crippen LogP contribution < -0.4 is 15.2 Å². The summed E-state index contributed by atoms with van der Waals surface area (Å²) in [5.74, 6) is 0.748. The standard InChI is InChI=1S/C30H26N2O2/c1-31(2)24-16-19-26-27(20-24)28(21-10-6-4-7-11-21)29(22-12-8-5-9-13-22)32(30(26)33)23-14-17-25(34-3)18-15-23/h4-20H,1-3H3. The highest BCUT2D eigenvalue weighted by molar-refractivity contribution is 6.04. The summed E-state index contributed by atoms with van der Waals surface area (Å²) in [5, 5.41) is 1.62. The van der Waals surface area contributed by atoms with Gasteiger partial charge in [-0.2, -0.15) is 0 Å². The number of nitrogens with zero attached hydrogens (tertiary/aromatic N) is 2. The predicted octanol–water partition coefficient (Wildman–Crippen LogP) is 6.40. The number of ether oxygens (including phenoxy) is 1. The first-order valence-corrected chi connectivity index (χ1v) is 11.2. The van der Waals surface area contributed by atoms with Crippen molar-refractivity contribution in [1.29, 1.82) is 0 Å². The summed E-state index contributed by atoms with van der Waals surface area (Å²) < 4.78 is 7.19. The molecule has 168 valence electrons. The quantitative estimate of drug-likeness (QED) is 0.313. The lowest BCUT2D eigenvalue weighted by Crippen LogP contribution is -2.22. The van der Waals surface area contributed by atoms with E-state index in [2.05, 4.69) is 35.2 Å². The Morgan fingerprint density at radius 2 is 1.32 bits per heavy atom. The van der Waals surface area contributed by atoms with Gasteiger partial charge in [-0.05, 0) is 59.0 Å². The van der Waals surface area contributed by atoms with Crippen molar-refractivity contribution in [3.63, 3.8) is 0 Å². The fourth-order valence-electron chi connectivity index (χ4n) is 4.41. The number of aromatic nitrogens is 1. The van der Waals surface area contributed by atoms with Crippen LogP contribution in [-0.2, 0) is 0 Å². The van der Waals surface area contributed by atoms with Crippen LogP contribution in [0.3, 0.4) is 0 Å². The Kier molecular flexibility index (Phi) is 5.64. The fraction of sp³-hybridized carbons (Fsp3) is 0.100. The van der Waals surface area contributed by atoms with Crippen LogP contribution in [0.5, 0.6) is 5.75 Å². The summed E-state index contributed by atoms with van der Waals surface area (Å²) >= 11 is 0. The van der Waals surface area contributed by atoms with E-state index in [1.54, 1.807) is 7.11 Å². The van der Waals surface area contributed by atoms with Gasteiger partial charge in [0.05, 0.1) is 12.8 Å². The molecule has 0 bridgehead atoms. The predicted molar refractivity (Wildman–Crippen MR) is 141 cm³/mol. The SMILES string of the molecule is COc1ccc(-n2c(-c3ccccc3)c(-c3ccccc3)c3cc(N(C)C)ccc3c2=O)cc1. The summed E-state index contributed by atoms with van der Waals surface area (Å²) in [5.41, 5.74) is 5.72. The second-order valence-electron chi connectivity index (χ2n) is 8.42. The van der Waals surface area contributed by atoms with Crippen LogP contribution in [-0.4, -0.2) is 25.8 Å². The molecule has 0 aliphatic carbocycles. The van der Waals surface area contributed by atoms with Crippen molar-refractivity contribution in [3.05, 3.63) is 113 Å². The highest BCUT2D eigenvalue weighted by Crippen LogP contribution is 2.39. The number of methoxy groups -OCH3 is 1. The molecular formula is C30H26N2O2. The maximum absolute atomic E-state index is 14.1. The molecule has 0 amide bonds. The normalized spacial score (nSPS) is 10.9. The summed E-state index contributed by atoms with van der Waals surface area (Å²) in [7, 11) is 5.67. The van der Waals surface area contributed by atoms with E-state index in [4.69, 9.17) is 4.74 Å². The highest BCUT2D eigenvalue weighted by atomic mass is 16.5. The molecule has 0 radical (unpaired) electrons. The van der Waals surface area contributed by atoms with Crippen molar-refractivity contribution in [1.82, 2.24) is 4.57 Å². The number of anilines is 1. The molecule has 4 aromatic carbocycles. The molecule has 1 heterocycles. The molecule has 4 nitrogen and oxygen atoms in total. The Hall–Kier alpha value is -4.31. The van der Waals surface area contributed by atoms with E-state index < -0.39 is 0 Å². The summed E-state index contributed by atoms with van der Waals surface area (Å²) in [6.45, 7) is 0. The highest BCUT2D eigenvalue weighted by Gasteiger charge is 2.21. The number of pyridine rings is 1. The third kappa shape index (κ3) is 3.73. The number of benzene rings is 4. The topological polar surface area (TPSA) is 34.5 Å². The molecule has 0 unspecified atom stereocenters. The molecule has 0 saturated carbocycles. The maximum atomic E-state index is 14.1. The monoisotopic (exact) mass is 446 g/mol. The number of fused-ring (bicyclic) bond motifs is 1. The third-order valence-corrected chi connectivity index (χ3v) is 6.12. The van der Waals surface area contributed by atoms with Gasteiger partial charge >= 0.3 is 0 Å². The van der Waals surface area contributed by atoms with Gasteiger partial charge < -0.3 is 9.64 Å². The zero-order chi connectivity index (χ0) is 23.7. The van der Waals surface area contributed by atoms with E-state index in [0.29, 0.717) is 5.39 Å². The Balaban J connectivity index is 1.99. The number of hydrogen-bond acceptors (Lipinski definition) is 3. The van der Waals surface area contributed by atoms with Crippen molar-refractivity contribution in [2.24, 2.45) is 0 Å². The molecule has 34 heavy (non-hydrogen) atoms. The van der Waals surface area contributed by atoms with Gasteiger partial charge in [0.15, 0.2) is 0 Å². The Morgan fingerprint density at radius 1 is 0.706 bits per heavy atom. The zero-order valence-corrected chi connectivity index (χ0v) is 19.5. The van der Waals surface area contributed by atoms with Crippen LogP contribution in [0.2, 0.25) is 0 Å². The maximum Gasteiger partial charge on any atom is 0.263 e. The lowest BCUT2D eigenvalue weighted by atomic mass is 9.93. The minimum atomic E-state index is -0.0518. The van der Waals surface area contributed by atoms with E-state index in [0.717, 1.165) is 44.9 Å².